The van der Waals surface area contributed by atoms with Crippen LogP contribution in [0, 0.1) is 30.3 Å². The number of nitrogens with zero attached hydrogens (tertiary/aromatic N) is 3. The van der Waals surface area contributed by atoms with Crippen LogP contribution in [0.2, 0.25) is 0 Å². The van der Waals surface area contributed by atoms with Crippen molar-refractivity contribution in [1.29, 1.82) is 0 Å². The molecule has 0 saturated heterocycles. The molecule has 0 heterocycles. The Hall–Kier alpha value is -4.68. The largest absolute Gasteiger partial charge is 0.427 e. The molecule has 13 nitrogen and oxygen atoms in total. The van der Waals surface area contributed by atoms with Gasteiger partial charge in [-0.1, -0.05) is 6.58 Å². The second kappa shape index (κ2) is 14.4. The van der Waals surface area contributed by atoms with Crippen LogP contribution in [0.25, 0.3) is 0 Å². The van der Waals surface area contributed by atoms with E-state index in [0.717, 1.165) is 0 Å². The SMILES string of the molecule is C=CC[N+](=O)[O-].O=C(CCCCC(=O)Oc1ccc([N+](=O)[O-])cc1)Oc1ccc([N+](=O)[O-])cc1. The maximum atomic E-state index is 11.7. The summed E-state index contributed by atoms with van der Waals surface area (Å²) < 4.78 is 10.1. The van der Waals surface area contributed by atoms with Gasteiger partial charge in [-0.05, 0) is 43.2 Å². The predicted molar refractivity (Wildman–Crippen MR) is 118 cm³/mol. The second-order valence-electron chi connectivity index (χ2n) is 6.46. The van der Waals surface area contributed by atoms with Crippen molar-refractivity contribution in [1.82, 2.24) is 0 Å². The van der Waals surface area contributed by atoms with Crippen LogP contribution in [-0.2, 0) is 9.59 Å². The topological polar surface area (TPSA) is 182 Å². The monoisotopic (exact) mass is 475 g/mol. The first-order valence-electron chi connectivity index (χ1n) is 9.75. The molecule has 0 atom stereocenters. The number of nitro groups is 3. The number of esters is 2. The summed E-state index contributed by atoms with van der Waals surface area (Å²) in [4.78, 5) is 52.3. The van der Waals surface area contributed by atoms with Gasteiger partial charge < -0.3 is 9.47 Å². The van der Waals surface area contributed by atoms with Crippen molar-refractivity contribution in [2.45, 2.75) is 25.7 Å². The average molecular weight is 475 g/mol. The lowest BCUT2D eigenvalue weighted by Gasteiger charge is -2.05. The molecule has 180 valence electrons. The van der Waals surface area contributed by atoms with Crippen molar-refractivity contribution >= 4 is 23.3 Å². The summed E-state index contributed by atoms with van der Waals surface area (Å²) in [6, 6.07) is 10.3. The first-order valence-corrected chi connectivity index (χ1v) is 9.75. The number of carbonyl (C=O) groups excluding carboxylic acids is 2. The fourth-order valence-electron chi connectivity index (χ4n) is 2.28. The molecule has 0 radical (unpaired) electrons. The molecule has 0 unspecified atom stereocenters. The third-order valence-corrected chi connectivity index (χ3v) is 3.85. The molecule has 0 aliphatic rings. The van der Waals surface area contributed by atoms with Crippen LogP contribution in [0.5, 0.6) is 11.5 Å². The Kier molecular flexibility index (Phi) is 11.6. The number of carbonyl (C=O) groups is 2. The molecular weight excluding hydrogens is 454 g/mol. The van der Waals surface area contributed by atoms with Gasteiger partial charge in [0.2, 0.25) is 6.54 Å². The molecule has 2 aromatic carbocycles. The second-order valence-corrected chi connectivity index (χ2v) is 6.46. The Bertz CT molecular complexity index is 947. The lowest BCUT2D eigenvalue weighted by Crippen LogP contribution is -2.10. The minimum Gasteiger partial charge on any atom is -0.427 e. The Morgan fingerprint density at radius 3 is 1.32 bits per heavy atom. The van der Waals surface area contributed by atoms with E-state index in [1.54, 1.807) is 0 Å². The van der Waals surface area contributed by atoms with Gasteiger partial charge >= 0.3 is 11.9 Å². The number of benzene rings is 2. The van der Waals surface area contributed by atoms with Crippen LogP contribution in [-0.4, -0.2) is 33.3 Å². The Morgan fingerprint density at radius 2 is 1.09 bits per heavy atom. The zero-order chi connectivity index (χ0) is 25.5. The van der Waals surface area contributed by atoms with Gasteiger partial charge in [-0.3, -0.25) is 39.9 Å². The van der Waals surface area contributed by atoms with Crippen molar-refractivity contribution in [3.8, 4) is 11.5 Å². The van der Waals surface area contributed by atoms with Gasteiger partial charge in [0.15, 0.2) is 0 Å². The molecule has 0 bridgehead atoms. The molecule has 0 aliphatic carbocycles. The van der Waals surface area contributed by atoms with Gasteiger partial charge in [-0.2, -0.15) is 0 Å². The molecule has 0 N–H and O–H groups in total. The number of nitro benzene ring substituents is 2. The summed E-state index contributed by atoms with van der Waals surface area (Å²) >= 11 is 0. The Balaban J connectivity index is 0.000000852. The molecule has 0 amide bonds. The molecule has 0 saturated carbocycles. The van der Waals surface area contributed by atoms with E-state index in [0.29, 0.717) is 12.8 Å². The number of ether oxygens (including phenoxy) is 2. The molecule has 2 rings (SSSR count). The number of hydrogen-bond donors (Lipinski definition) is 0. The van der Waals surface area contributed by atoms with Crippen LogP contribution < -0.4 is 9.47 Å². The maximum absolute atomic E-state index is 11.7. The van der Waals surface area contributed by atoms with E-state index in [1.165, 1.54) is 54.6 Å². The van der Waals surface area contributed by atoms with Crippen LogP contribution in [0.1, 0.15) is 25.7 Å². The summed E-state index contributed by atoms with van der Waals surface area (Å²) in [6.07, 6.45) is 2.17. The molecule has 13 heteroatoms. The normalized spacial score (nSPS) is 9.65. The van der Waals surface area contributed by atoms with Gasteiger partial charge in [0, 0.05) is 42.0 Å². The van der Waals surface area contributed by atoms with Gasteiger partial charge in [0.25, 0.3) is 11.4 Å². The first kappa shape index (κ1) is 27.4. The number of rotatable bonds is 11. The smallest absolute Gasteiger partial charge is 0.311 e. The Labute approximate surface area is 193 Å². The average Bonchev–Trinajstić information content (AvgIpc) is 2.78. The lowest BCUT2D eigenvalue weighted by atomic mass is 10.2. The quantitative estimate of drug-likeness (QED) is 0.115. The van der Waals surface area contributed by atoms with E-state index in [1.807, 2.05) is 0 Å². The summed E-state index contributed by atoms with van der Waals surface area (Å²) in [6.45, 7) is 3.02. The third kappa shape index (κ3) is 11.1. The van der Waals surface area contributed by atoms with Crippen LogP contribution in [0.4, 0.5) is 11.4 Å². The third-order valence-electron chi connectivity index (χ3n) is 3.85. The van der Waals surface area contributed by atoms with Crippen molar-refractivity contribution in [2.75, 3.05) is 6.54 Å². The minimum absolute atomic E-state index is 0.0712. The highest BCUT2D eigenvalue weighted by atomic mass is 16.6. The van der Waals surface area contributed by atoms with Crippen molar-refractivity contribution < 1.29 is 33.8 Å². The molecule has 2 aromatic rings. The first-order chi connectivity index (χ1) is 16.1. The number of unbranched alkanes of at least 4 members (excludes halogenated alkanes) is 1. The summed E-state index contributed by atoms with van der Waals surface area (Å²) in [7, 11) is 0. The fourth-order valence-corrected chi connectivity index (χ4v) is 2.28. The van der Waals surface area contributed by atoms with E-state index in [2.05, 4.69) is 6.58 Å². The zero-order valence-electron chi connectivity index (χ0n) is 17.9. The van der Waals surface area contributed by atoms with E-state index in [4.69, 9.17) is 9.47 Å². The van der Waals surface area contributed by atoms with E-state index in [-0.39, 0.29) is 42.3 Å². The maximum Gasteiger partial charge on any atom is 0.311 e. The number of non-ortho nitro benzene ring substituents is 2. The molecular formula is C21H21N3O10. The minimum atomic E-state index is -0.554. The highest BCUT2D eigenvalue weighted by molar-refractivity contribution is 5.73. The van der Waals surface area contributed by atoms with Crippen LogP contribution >= 0.6 is 0 Å². The highest BCUT2D eigenvalue weighted by Gasteiger charge is 2.11. The standard InChI is InChI=1S/C18H16N2O8.C3H5NO2/c21-17(27-15-9-5-13(6-10-15)19(23)24)3-1-2-4-18(22)28-16-11-7-14(8-12-16)20(25)26;1-2-3-4(5)6/h5-12H,1-4H2;2H,1,3H2. The summed E-state index contributed by atoms with van der Waals surface area (Å²) in [5.41, 5.74) is -0.210. The van der Waals surface area contributed by atoms with Gasteiger partial charge in [-0.15, -0.1) is 0 Å². The van der Waals surface area contributed by atoms with Crippen LogP contribution in [0.3, 0.4) is 0 Å². The van der Waals surface area contributed by atoms with E-state index in [9.17, 15) is 39.9 Å². The van der Waals surface area contributed by atoms with E-state index >= 15 is 0 Å². The molecule has 0 spiro atoms. The van der Waals surface area contributed by atoms with Crippen molar-refractivity contribution in [3.05, 3.63) is 91.5 Å². The van der Waals surface area contributed by atoms with E-state index < -0.39 is 26.7 Å². The van der Waals surface area contributed by atoms with Crippen LogP contribution in [0.15, 0.2) is 61.2 Å². The van der Waals surface area contributed by atoms with Crippen molar-refractivity contribution in [2.24, 2.45) is 0 Å². The van der Waals surface area contributed by atoms with Gasteiger partial charge in [0.05, 0.1) is 9.85 Å². The zero-order valence-corrected chi connectivity index (χ0v) is 17.9. The van der Waals surface area contributed by atoms with Gasteiger partial charge in [0.1, 0.15) is 11.5 Å². The highest BCUT2D eigenvalue weighted by Crippen LogP contribution is 2.19. The fraction of sp³-hybridized carbons (Fsp3) is 0.238. The number of hydrogen-bond acceptors (Lipinski definition) is 10. The Morgan fingerprint density at radius 1 is 0.735 bits per heavy atom. The lowest BCUT2D eigenvalue weighted by molar-refractivity contribution is -0.468. The van der Waals surface area contributed by atoms with Gasteiger partial charge in [-0.25, -0.2) is 0 Å². The summed E-state index contributed by atoms with van der Waals surface area (Å²) in [5.74, 6) is -0.628. The predicted octanol–water partition coefficient (Wildman–Crippen LogP) is 4.02. The molecule has 34 heavy (non-hydrogen) atoms. The molecule has 0 aliphatic heterocycles. The molecule has 0 aromatic heterocycles. The van der Waals surface area contributed by atoms with Crippen molar-refractivity contribution in [3.63, 3.8) is 0 Å². The summed E-state index contributed by atoms with van der Waals surface area (Å²) in [5, 5.41) is 30.4. The molecule has 0 fully saturated rings.